The van der Waals surface area contributed by atoms with Crippen LogP contribution in [0.4, 0.5) is 9.59 Å². The lowest BCUT2D eigenvalue weighted by atomic mass is 10.1. The third kappa shape index (κ3) is 6.57. The molecular formula is C27H26N4O6. The summed E-state index contributed by atoms with van der Waals surface area (Å²) in [6.07, 6.45) is 0.846. The minimum absolute atomic E-state index is 0.119. The van der Waals surface area contributed by atoms with Gasteiger partial charge in [-0.1, -0.05) is 91.0 Å². The Labute approximate surface area is 213 Å². The third-order valence-electron chi connectivity index (χ3n) is 5.75. The van der Waals surface area contributed by atoms with Crippen molar-refractivity contribution in [3.05, 3.63) is 108 Å². The molecule has 0 radical (unpaired) electrons. The number of imide groups is 2. The monoisotopic (exact) mass is 502 g/mol. The van der Waals surface area contributed by atoms with Gasteiger partial charge >= 0.3 is 12.1 Å². The molecule has 0 spiro atoms. The second-order valence-corrected chi connectivity index (χ2v) is 8.43. The molecule has 2 saturated heterocycles. The van der Waals surface area contributed by atoms with Gasteiger partial charge in [-0.25, -0.2) is 9.59 Å². The third-order valence-corrected chi connectivity index (χ3v) is 5.75. The molecule has 190 valence electrons. The smallest absolute Gasteiger partial charge is 0.324 e. The molecule has 5 rings (SSSR count). The highest BCUT2D eigenvalue weighted by Gasteiger charge is 2.39. The van der Waals surface area contributed by atoms with Crippen LogP contribution in [0.15, 0.2) is 91.0 Å². The van der Waals surface area contributed by atoms with Crippen LogP contribution in [0.3, 0.4) is 0 Å². The molecule has 0 saturated carbocycles. The highest BCUT2D eigenvalue weighted by Crippen LogP contribution is 2.14. The number of amides is 6. The molecule has 3 aromatic carbocycles. The van der Waals surface area contributed by atoms with E-state index < -0.39 is 30.1 Å². The number of carbonyl (C=O) groups excluding carboxylic acids is 4. The summed E-state index contributed by atoms with van der Waals surface area (Å²) >= 11 is 0. The van der Waals surface area contributed by atoms with Gasteiger partial charge in [-0.2, -0.15) is 0 Å². The van der Waals surface area contributed by atoms with Crippen molar-refractivity contribution < 1.29 is 29.2 Å². The Bertz CT molecular complexity index is 1240. The predicted octanol–water partition coefficient (Wildman–Crippen LogP) is 2.82. The quantitative estimate of drug-likeness (QED) is 0.337. The maximum atomic E-state index is 12.3. The minimum atomic E-state index is -0.763. The van der Waals surface area contributed by atoms with Crippen LogP contribution in [0.1, 0.15) is 16.7 Å². The van der Waals surface area contributed by atoms with E-state index in [2.05, 4.69) is 10.6 Å². The van der Waals surface area contributed by atoms with Crippen LogP contribution in [-0.2, 0) is 33.9 Å². The second kappa shape index (κ2) is 11.9. The van der Waals surface area contributed by atoms with E-state index >= 15 is 0 Å². The van der Waals surface area contributed by atoms with Crippen LogP contribution in [0.2, 0.25) is 0 Å². The highest BCUT2D eigenvalue weighted by atomic mass is 16.7. The van der Waals surface area contributed by atoms with E-state index in [0.717, 1.165) is 21.8 Å². The Balaban J connectivity index is 0.000000186. The number of carbonyl (C=O) groups is 4. The molecule has 6 amide bonds. The fraction of sp³-hybridized carbons (Fsp3) is 0.185. The second-order valence-electron chi connectivity index (χ2n) is 8.43. The van der Waals surface area contributed by atoms with E-state index in [4.69, 9.17) is 10.0 Å². The van der Waals surface area contributed by atoms with E-state index in [1.165, 1.54) is 0 Å². The van der Waals surface area contributed by atoms with Crippen LogP contribution >= 0.6 is 0 Å². The van der Waals surface area contributed by atoms with Gasteiger partial charge in [0.2, 0.25) is 0 Å². The summed E-state index contributed by atoms with van der Waals surface area (Å²) in [4.78, 5) is 51.7. The SMILES string of the molecule is O=C1N[C@@H](Cc2ccccc2)C(=O)N1O.O=C1N[C@@H](Cc2ccccc2)C(=O)N1OCc1ccccc1. The number of rotatable bonds is 7. The van der Waals surface area contributed by atoms with Crippen molar-refractivity contribution in [2.24, 2.45) is 0 Å². The van der Waals surface area contributed by atoms with Gasteiger partial charge in [-0.15, -0.1) is 10.1 Å². The molecule has 3 N–H and O–H groups in total. The molecule has 2 atom stereocenters. The zero-order chi connectivity index (χ0) is 26.2. The first-order chi connectivity index (χ1) is 17.9. The predicted molar refractivity (Wildman–Crippen MR) is 132 cm³/mol. The van der Waals surface area contributed by atoms with Gasteiger partial charge < -0.3 is 10.6 Å². The normalized spacial score (nSPS) is 18.8. The van der Waals surface area contributed by atoms with Gasteiger partial charge in [0.05, 0.1) is 0 Å². The number of urea groups is 2. The Hall–Kier alpha value is -4.54. The number of hydrogen-bond acceptors (Lipinski definition) is 6. The largest absolute Gasteiger partial charge is 0.349 e. The van der Waals surface area contributed by atoms with Gasteiger partial charge in [0.25, 0.3) is 11.8 Å². The molecule has 37 heavy (non-hydrogen) atoms. The number of nitrogens with zero attached hydrogens (tertiary/aromatic N) is 2. The fourth-order valence-corrected chi connectivity index (χ4v) is 3.84. The van der Waals surface area contributed by atoms with E-state index in [1.807, 2.05) is 91.0 Å². The topological polar surface area (TPSA) is 128 Å². The average molecular weight is 503 g/mol. The summed E-state index contributed by atoms with van der Waals surface area (Å²) in [7, 11) is 0. The first kappa shape index (κ1) is 25.5. The van der Waals surface area contributed by atoms with Gasteiger partial charge in [0, 0.05) is 12.8 Å². The highest BCUT2D eigenvalue weighted by molar-refractivity contribution is 6.03. The van der Waals surface area contributed by atoms with Crippen molar-refractivity contribution in [1.82, 2.24) is 20.8 Å². The summed E-state index contributed by atoms with van der Waals surface area (Å²) in [5.41, 5.74) is 2.83. The molecular weight excluding hydrogens is 476 g/mol. The number of benzene rings is 3. The van der Waals surface area contributed by atoms with Crippen molar-refractivity contribution in [3.63, 3.8) is 0 Å². The van der Waals surface area contributed by atoms with E-state index in [0.29, 0.717) is 12.8 Å². The average Bonchev–Trinajstić information content (AvgIpc) is 3.32. The summed E-state index contributed by atoms with van der Waals surface area (Å²) in [6.45, 7) is 0.179. The molecule has 0 aromatic heterocycles. The van der Waals surface area contributed by atoms with Crippen molar-refractivity contribution in [2.45, 2.75) is 31.5 Å². The summed E-state index contributed by atoms with van der Waals surface area (Å²) in [6, 6.07) is 25.8. The maximum Gasteiger partial charge on any atom is 0.349 e. The summed E-state index contributed by atoms with van der Waals surface area (Å²) in [5, 5.41) is 15.0. The van der Waals surface area contributed by atoms with Crippen LogP contribution in [-0.4, -0.2) is 51.3 Å². The van der Waals surface area contributed by atoms with Crippen molar-refractivity contribution in [3.8, 4) is 0 Å². The first-order valence-electron chi connectivity index (χ1n) is 11.6. The summed E-state index contributed by atoms with van der Waals surface area (Å²) in [5.74, 6) is -0.964. The maximum absolute atomic E-state index is 12.3. The van der Waals surface area contributed by atoms with Crippen LogP contribution in [0, 0.1) is 0 Å². The molecule has 10 nitrogen and oxygen atoms in total. The van der Waals surface area contributed by atoms with Gasteiger partial charge in [0.1, 0.15) is 18.7 Å². The minimum Gasteiger partial charge on any atom is -0.324 e. The van der Waals surface area contributed by atoms with E-state index in [1.54, 1.807) is 0 Å². The molecule has 10 heteroatoms. The Morgan fingerprint density at radius 2 is 1.05 bits per heavy atom. The standard InChI is InChI=1S/C17H16N2O3.C10H10N2O3/c20-16-15(11-13-7-3-1-4-8-13)18-17(21)19(16)22-12-14-9-5-2-6-10-14;13-9-8(11-10(14)12(9)15)6-7-4-2-1-3-5-7/h1-10,15H,11-12H2,(H,18,21);1-5,8,15H,6H2,(H,11,14)/t15-;8-/m00/s1. The van der Waals surface area contributed by atoms with Crippen molar-refractivity contribution >= 4 is 23.9 Å². The molecule has 2 fully saturated rings. The molecule has 0 unspecified atom stereocenters. The fourth-order valence-electron chi connectivity index (χ4n) is 3.84. The molecule has 3 aromatic rings. The van der Waals surface area contributed by atoms with Gasteiger partial charge in [-0.05, 0) is 16.7 Å². The summed E-state index contributed by atoms with van der Waals surface area (Å²) < 4.78 is 0. The van der Waals surface area contributed by atoms with Crippen molar-refractivity contribution in [2.75, 3.05) is 0 Å². The molecule has 0 aliphatic carbocycles. The molecule has 2 aliphatic heterocycles. The lowest BCUT2D eigenvalue weighted by molar-refractivity contribution is -0.167. The molecule has 2 aliphatic rings. The van der Waals surface area contributed by atoms with E-state index in [9.17, 15) is 19.2 Å². The van der Waals surface area contributed by atoms with Crippen molar-refractivity contribution in [1.29, 1.82) is 0 Å². The van der Waals surface area contributed by atoms with Crippen LogP contribution in [0.25, 0.3) is 0 Å². The molecule has 2 heterocycles. The zero-order valence-electron chi connectivity index (χ0n) is 19.8. The first-order valence-corrected chi connectivity index (χ1v) is 11.6. The van der Waals surface area contributed by atoms with Gasteiger partial charge in [0.15, 0.2) is 0 Å². The Morgan fingerprint density at radius 3 is 1.51 bits per heavy atom. The lowest BCUT2D eigenvalue weighted by Crippen LogP contribution is -2.32. The van der Waals surface area contributed by atoms with Gasteiger partial charge in [-0.3, -0.25) is 19.6 Å². The lowest BCUT2D eigenvalue weighted by Gasteiger charge is -2.12. The number of nitrogens with one attached hydrogen (secondary N) is 2. The van der Waals surface area contributed by atoms with Crippen LogP contribution in [0.5, 0.6) is 0 Å². The van der Waals surface area contributed by atoms with E-state index in [-0.39, 0.29) is 17.6 Å². The Morgan fingerprint density at radius 1 is 0.622 bits per heavy atom. The molecule has 0 bridgehead atoms. The zero-order valence-corrected chi connectivity index (χ0v) is 19.8. The number of hydrogen-bond donors (Lipinski definition) is 3. The number of hydroxylamine groups is 4. The van der Waals surface area contributed by atoms with Crippen LogP contribution < -0.4 is 10.6 Å². The Kier molecular flexibility index (Phi) is 8.24.